The highest BCUT2D eigenvalue weighted by Crippen LogP contribution is 2.39. The summed E-state index contributed by atoms with van der Waals surface area (Å²) in [6.45, 7) is 0. The van der Waals surface area contributed by atoms with Gasteiger partial charge in [-0.25, -0.2) is 23.2 Å². The zero-order chi connectivity index (χ0) is 22.4. The number of aromatic amines is 1. The quantitative estimate of drug-likeness (QED) is 0.591. The van der Waals surface area contributed by atoms with Crippen LogP contribution in [0, 0.1) is 0 Å². The number of nitrogens with one attached hydrogen (secondary N) is 1. The molecule has 1 saturated carbocycles. The molecule has 0 spiro atoms. The van der Waals surface area contributed by atoms with E-state index >= 15 is 0 Å². The van der Waals surface area contributed by atoms with E-state index in [1.165, 1.54) is 18.3 Å². The maximum Gasteiger partial charge on any atom is 0.491 e. The van der Waals surface area contributed by atoms with Crippen molar-refractivity contribution in [3.8, 4) is 28.5 Å². The Morgan fingerprint density at radius 3 is 2.55 bits per heavy atom. The minimum atomic E-state index is -5.24. The van der Waals surface area contributed by atoms with Gasteiger partial charge in [-0.05, 0) is 36.6 Å². The van der Waals surface area contributed by atoms with Crippen LogP contribution in [0.1, 0.15) is 24.5 Å². The lowest BCUT2D eigenvalue weighted by Gasteiger charge is -2.12. The standard InChI is InChI=1S/C19H15F3N4O4S/c1-31(28,29)12-7-13(17(25-8-12)30-18(27)19(20,21)22)11-4-5-23-14(6-11)16-24-9-15(26-16)10-2-3-10/h4-10H,2-3H2,1H3,(H,24,26). The number of nitrogens with zero attached hydrogens (tertiary/aromatic N) is 3. The number of aromatic nitrogens is 4. The highest BCUT2D eigenvalue weighted by atomic mass is 32.2. The van der Waals surface area contributed by atoms with Crippen LogP contribution >= 0.6 is 0 Å². The van der Waals surface area contributed by atoms with Gasteiger partial charge < -0.3 is 9.72 Å². The number of hydrogen-bond acceptors (Lipinski definition) is 7. The molecule has 0 unspecified atom stereocenters. The van der Waals surface area contributed by atoms with Gasteiger partial charge in [0.1, 0.15) is 5.69 Å². The number of ether oxygens (including phenoxy) is 1. The van der Waals surface area contributed by atoms with Gasteiger partial charge in [0.15, 0.2) is 15.7 Å². The number of imidazole rings is 1. The summed E-state index contributed by atoms with van der Waals surface area (Å²) < 4.78 is 66.3. The predicted molar refractivity (Wildman–Crippen MR) is 102 cm³/mol. The molecule has 0 aromatic carbocycles. The van der Waals surface area contributed by atoms with Crippen LogP contribution in [0.25, 0.3) is 22.6 Å². The van der Waals surface area contributed by atoms with Gasteiger partial charge in [0, 0.05) is 42.0 Å². The fourth-order valence-electron chi connectivity index (χ4n) is 2.86. The van der Waals surface area contributed by atoms with Crippen LogP contribution in [0.15, 0.2) is 41.7 Å². The summed E-state index contributed by atoms with van der Waals surface area (Å²) in [5.41, 5.74) is 1.47. The van der Waals surface area contributed by atoms with Gasteiger partial charge in [0.2, 0.25) is 5.88 Å². The number of rotatable bonds is 5. The smallest absolute Gasteiger partial charge is 0.400 e. The average molecular weight is 452 g/mol. The molecule has 162 valence electrons. The largest absolute Gasteiger partial charge is 0.491 e. The summed E-state index contributed by atoms with van der Waals surface area (Å²) in [4.78, 5) is 26.4. The minimum absolute atomic E-state index is 0.113. The maximum atomic E-state index is 12.7. The van der Waals surface area contributed by atoms with Crippen molar-refractivity contribution in [2.24, 2.45) is 0 Å². The summed E-state index contributed by atoms with van der Waals surface area (Å²) in [5, 5.41) is 0. The van der Waals surface area contributed by atoms with E-state index in [1.807, 2.05) is 0 Å². The normalized spacial score (nSPS) is 14.5. The molecule has 1 aliphatic rings. The van der Waals surface area contributed by atoms with E-state index in [-0.39, 0.29) is 16.0 Å². The molecule has 0 bridgehead atoms. The van der Waals surface area contributed by atoms with Gasteiger partial charge in [-0.3, -0.25) is 4.98 Å². The Bertz CT molecular complexity index is 1270. The van der Waals surface area contributed by atoms with Gasteiger partial charge in [-0.2, -0.15) is 13.2 Å². The van der Waals surface area contributed by atoms with Crippen LogP contribution in [0.4, 0.5) is 13.2 Å². The van der Waals surface area contributed by atoms with Crippen molar-refractivity contribution in [1.29, 1.82) is 0 Å². The maximum absolute atomic E-state index is 12.7. The third-order valence-corrected chi connectivity index (χ3v) is 5.68. The molecule has 4 rings (SSSR count). The van der Waals surface area contributed by atoms with Crippen molar-refractivity contribution >= 4 is 15.8 Å². The summed E-state index contributed by atoms with van der Waals surface area (Å²) in [6.07, 6.45) is 1.71. The topological polar surface area (TPSA) is 115 Å². The molecule has 3 aromatic rings. The van der Waals surface area contributed by atoms with E-state index in [1.54, 1.807) is 6.20 Å². The SMILES string of the molecule is CS(=O)(=O)c1cnc(OC(=O)C(F)(F)F)c(-c2ccnc(-c3ncc(C4CC4)[nH]3)c2)c1. The fraction of sp³-hybridized carbons (Fsp3) is 0.263. The van der Waals surface area contributed by atoms with Crippen molar-refractivity contribution in [2.45, 2.75) is 29.8 Å². The molecule has 1 N–H and O–H groups in total. The molecule has 0 amide bonds. The zero-order valence-electron chi connectivity index (χ0n) is 16.0. The molecule has 0 radical (unpaired) electrons. The van der Waals surface area contributed by atoms with Crippen LogP contribution < -0.4 is 4.74 Å². The Balaban J connectivity index is 1.78. The van der Waals surface area contributed by atoms with Crippen LogP contribution in [0.2, 0.25) is 0 Å². The second-order valence-electron chi connectivity index (χ2n) is 7.07. The summed E-state index contributed by atoms with van der Waals surface area (Å²) in [6, 6.07) is 4.02. The van der Waals surface area contributed by atoms with Gasteiger partial charge in [-0.1, -0.05) is 0 Å². The Morgan fingerprint density at radius 1 is 1.16 bits per heavy atom. The number of hydrogen-bond donors (Lipinski definition) is 1. The molecule has 0 aliphatic heterocycles. The first-order valence-corrected chi connectivity index (χ1v) is 10.9. The first-order valence-electron chi connectivity index (χ1n) is 9.03. The van der Waals surface area contributed by atoms with Gasteiger partial charge in [0.05, 0.1) is 4.90 Å². The van der Waals surface area contributed by atoms with Crippen LogP contribution in [0.5, 0.6) is 5.88 Å². The Kier molecular flexibility index (Phi) is 5.04. The second kappa shape index (κ2) is 7.45. The number of pyridine rings is 2. The summed E-state index contributed by atoms with van der Waals surface area (Å²) >= 11 is 0. The van der Waals surface area contributed by atoms with E-state index in [0.29, 0.717) is 17.4 Å². The van der Waals surface area contributed by atoms with E-state index < -0.39 is 27.9 Å². The Labute approximate surface area is 174 Å². The van der Waals surface area contributed by atoms with Crippen molar-refractivity contribution in [2.75, 3.05) is 6.26 Å². The van der Waals surface area contributed by atoms with E-state index in [0.717, 1.165) is 37.1 Å². The number of H-pyrrole nitrogens is 1. The molecule has 0 saturated heterocycles. The zero-order valence-corrected chi connectivity index (χ0v) is 16.8. The third kappa shape index (κ3) is 4.58. The van der Waals surface area contributed by atoms with Crippen molar-refractivity contribution in [3.05, 3.63) is 42.5 Å². The molecule has 3 heterocycles. The molecule has 0 atom stereocenters. The van der Waals surface area contributed by atoms with Crippen molar-refractivity contribution in [1.82, 2.24) is 19.9 Å². The summed E-state index contributed by atoms with van der Waals surface area (Å²) in [5.74, 6) is -2.27. The summed E-state index contributed by atoms with van der Waals surface area (Å²) in [7, 11) is -3.73. The lowest BCUT2D eigenvalue weighted by molar-refractivity contribution is -0.189. The molecular weight excluding hydrogens is 437 g/mol. The fourth-order valence-corrected chi connectivity index (χ4v) is 3.44. The van der Waals surface area contributed by atoms with E-state index in [9.17, 15) is 26.4 Å². The van der Waals surface area contributed by atoms with Gasteiger partial charge in [0.25, 0.3) is 0 Å². The number of esters is 1. The van der Waals surface area contributed by atoms with Gasteiger partial charge in [-0.15, -0.1) is 0 Å². The first kappa shape index (κ1) is 21.0. The highest BCUT2D eigenvalue weighted by Gasteiger charge is 2.42. The Hall–Kier alpha value is -3.28. The van der Waals surface area contributed by atoms with E-state index in [2.05, 4.69) is 24.7 Å². The first-order chi connectivity index (χ1) is 14.5. The molecule has 1 fully saturated rings. The highest BCUT2D eigenvalue weighted by molar-refractivity contribution is 7.90. The lowest BCUT2D eigenvalue weighted by atomic mass is 10.1. The van der Waals surface area contributed by atoms with Crippen LogP contribution in [-0.4, -0.2) is 46.8 Å². The monoisotopic (exact) mass is 452 g/mol. The van der Waals surface area contributed by atoms with Crippen LogP contribution in [0.3, 0.4) is 0 Å². The lowest BCUT2D eigenvalue weighted by Crippen LogP contribution is -2.28. The molecule has 1 aliphatic carbocycles. The van der Waals surface area contributed by atoms with Crippen LogP contribution in [-0.2, 0) is 14.6 Å². The molecule has 31 heavy (non-hydrogen) atoms. The van der Waals surface area contributed by atoms with Crippen molar-refractivity contribution < 1.29 is 31.1 Å². The number of carbonyl (C=O) groups is 1. The molecule has 12 heteroatoms. The third-order valence-electron chi connectivity index (χ3n) is 4.60. The molecule has 8 nitrogen and oxygen atoms in total. The number of halogens is 3. The number of carbonyl (C=O) groups excluding carboxylic acids is 1. The second-order valence-corrected chi connectivity index (χ2v) is 9.09. The molecule has 3 aromatic heterocycles. The number of sulfone groups is 1. The average Bonchev–Trinajstić information content (AvgIpc) is 3.43. The molecular formula is C19H15F3N4O4S. The minimum Gasteiger partial charge on any atom is -0.400 e. The van der Waals surface area contributed by atoms with Crippen molar-refractivity contribution in [3.63, 3.8) is 0 Å². The Morgan fingerprint density at radius 2 is 1.90 bits per heavy atom. The predicted octanol–water partition coefficient (Wildman–Crippen LogP) is 3.28. The van der Waals surface area contributed by atoms with Gasteiger partial charge >= 0.3 is 12.1 Å². The van der Waals surface area contributed by atoms with E-state index in [4.69, 9.17) is 0 Å². The number of alkyl halides is 3.